The van der Waals surface area contributed by atoms with E-state index in [9.17, 15) is 4.79 Å². The first-order valence-electron chi connectivity index (χ1n) is 6.82. The second kappa shape index (κ2) is 8.82. The van der Waals surface area contributed by atoms with E-state index in [-0.39, 0.29) is 18.4 Å². The molecule has 0 aliphatic carbocycles. The highest BCUT2D eigenvalue weighted by molar-refractivity contribution is 5.92. The molecule has 2 rings (SSSR count). The van der Waals surface area contributed by atoms with E-state index in [2.05, 4.69) is 5.32 Å². The van der Waals surface area contributed by atoms with Crippen molar-refractivity contribution in [3.05, 3.63) is 29.8 Å². The number of piperidine rings is 1. The number of rotatable bonds is 5. The van der Waals surface area contributed by atoms with Crippen LogP contribution in [0.5, 0.6) is 5.75 Å². The standard InChI is InChI=1S/C15H21NO3.ClH/c1-18-15(17)13-6-2-3-7-14(13)19-10-8-12-5-4-9-16-11-12;/h2-3,6-7,12,16H,4-5,8-11H2,1H3;1H. The van der Waals surface area contributed by atoms with Crippen LogP contribution in [0.15, 0.2) is 24.3 Å². The summed E-state index contributed by atoms with van der Waals surface area (Å²) >= 11 is 0. The van der Waals surface area contributed by atoms with Crippen LogP contribution in [0, 0.1) is 5.92 Å². The summed E-state index contributed by atoms with van der Waals surface area (Å²) < 4.78 is 10.5. The lowest BCUT2D eigenvalue weighted by Gasteiger charge is -2.22. The van der Waals surface area contributed by atoms with Gasteiger partial charge in [0.1, 0.15) is 11.3 Å². The largest absolute Gasteiger partial charge is 0.493 e. The van der Waals surface area contributed by atoms with Gasteiger partial charge < -0.3 is 14.8 Å². The molecule has 0 bridgehead atoms. The fourth-order valence-electron chi connectivity index (χ4n) is 2.38. The van der Waals surface area contributed by atoms with E-state index in [1.165, 1.54) is 20.0 Å². The molecule has 1 aromatic rings. The number of benzene rings is 1. The Hall–Kier alpha value is -1.26. The van der Waals surface area contributed by atoms with Crippen LogP contribution in [0.1, 0.15) is 29.6 Å². The number of methoxy groups -OCH3 is 1. The van der Waals surface area contributed by atoms with E-state index in [1.807, 2.05) is 18.2 Å². The summed E-state index contributed by atoms with van der Waals surface area (Å²) in [5, 5.41) is 3.39. The molecule has 1 aliphatic heterocycles. The topological polar surface area (TPSA) is 47.6 Å². The van der Waals surface area contributed by atoms with Crippen molar-refractivity contribution < 1.29 is 14.3 Å². The zero-order chi connectivity index (χ0) is 13.5. The predicted octanol–water partition coefficient (Wildman–Crippen LogP) is 2.66. The van der Waals surface area contributed by atoms with Crippen molar-refractivity contribution in [1.29, 1.82) is 0 Å². The Labute approximate surface area is 126 Å². The number of hydrogen-bond donors (Lipinski definition) is 1. The lowest BCUT2D eigenvalue weighted by atomic mass is 9.97. The second-order valence-corrected chi connectivity index (χ2v) is 4.84. The molecule has 1 N–H and O–H groups in total. The highest BCUT2D eigenvalue weighted by atomic mass is 35.5. The first kappa shape index (κ1) is 16.8. The Morgan fingerprint density at radius 3 is 2.90 bits per heavy atom. The number of esters is 1. The van der Waals surface area contributed by atoms with Crippen LogP contribution in [0.4, 0.5) is 0 Å². The first-order valence-corrected chi connectivity index (χ1v) is 6.82. The zero-order valence-electron chi connectivity index (χ0n) is 11.8. The van der Waals surface area contributed by atoms with E-state index < -0.39 is 0 Å². The molecule has 0 spiro atoms. The molecule has 5 heteroatoms. The van der Waals surface area contributed by atoms with Crippen LogP contribution in [0.25, 0.3) is 0 Å². The molecule has 0 saturated carbocycles. The molecule has 1 unspecified atom stereocenters. The minimum absolute atomic E-state index is 0. The van der Waals surface area contributed by atoms with Gasteiger partial charge in [-0.05, 0) is 50.4 Å². The molecule has 0 radical (unpaired) electrons. The Balaban J connectivity index is 0.00000200. The van der Waals surface area contributed by atoms with Crippen LogP contribution >= 0.6 is 12.4 Å². The fraction of sp³-hybridized carbons (Fsp3) is 0.533. The summed E-state index contributed by atoms with van der Waals surface area (Å²) in [5.74, 6) is 0.937. The molecule has 20 heavy (non-hydrogen) atoms. The number of ether oxygens (including phenoxy) is 2. The van der Waals surface area contributed by atoms with E-state index in [4.69, 9.17) is 9.47 Å². The van der Waals surface area contributed by atoms with Crippen molar-refractivity contribution in [2.45, 2.75) is 19.3 Å². The van der Waals surface area contributed by atoms with Gasteiger partial charge >= 0.3 is 5.97 Å². The van der Waals surface area contributed by atoms with Crippen LogP contribution in [0.2, 0.25) is 0 Å². The normalized spacial score (nSPS) is 17.9. The van der Waals surface area contributed by atoms with Gasteiger partial charge in [0.15, 0.2) is 0 Å². The maximum atomic E-state index is 11.6. The van der Waals surface area contributed by atoms with E-state index in [0.717, 1.165) is 19.5 Å². The monoisotopic (exact) mass is 299 g/mol. The summed E-state index contributed by atoms with van der Waals surface area (Å²) in [6.07, 6.45) is 3.51. The number of halogens is 1. The Morgan fingerprint density at radius 2 is 2.20 bits per heavy atom. The molecular formula is C15H22ClNO3. The molecule has 1 atom stereocenters. The van der Waals surface area contributed by atoms with Gasteiger partial charge in [0, 0.05) is 0 Å². The number of carbonyl (C=O) groups is 1. The average molecular weight is 300 g/mol. The summed E-state index contributed by atoms with van der Waals surface area (Å²) in [4.78, 5) is 11.6. The van der Waals surface area contributed by atoms with Crippen LogP contribution in [-0.2, 0) is 4.74 Å². The quantitative estimate of drug-likeness (QED) is 0.849. The highest BCUT2D eigenvalue weighted by Crippen LogP contribution is 2.20. The Bertz CT molecular complexity index is 419. The number of hydrogen-bond acceptors (Lipinski definition) is 4. The van der Waals surface area contributed by atoms with Gasteiger partial charge in [0.2, 0.25) is 0 Å². The molecule has 0 amide bonds. The third-order valence-electron chi connectivity index (χ3n) is 3.47. The average Bonchev–Trinajstić information content (AvgIpc) is 2.48. The summed E-state index contributed by atoms with van der Waals surface area (Å²) in [6.45, 7) is 2.84. The summed E-state index contributed by atoms with van der Waals surface area (Å²) in [7, 11) is 1.38. The van der Waals surface area contributed by atoms with Crippen LogP contribution in [-0.4, -0.2) is 32.8 Å². The Morgan fingerprint density at radius 1 is 1.40 bits per heavy atom. The maximum Gasteiger partial charge on any atom is 0.341 e. The molecule has 112 valence electrons. The van der Waals surface area contributed by atoms with Crippen molar-refractivity contribution in [3.63, 3.8) is 0 Å². The lowest BCUT2D eigenvalue weighted by molar-refractivity contribution is 0.0595. The van der Waals surface area contributed by atoms with Crippen molar-refractivity contribution in [3.8, 4) is 5.75 Å². The molecular weight excluding hydrogens is 278 g/mol. The van der Waals surface area contributed by atoms with Gasteiger partial charge in [-0.3, -0.25) is 0 Å². The summed E-state index contributed by atoms with van der Waals surface area (Å²) in [6, 6.07) is 7.21. The van der Waals surface area contributed by atoms with Gasteiger partial charge in [-0.25, -0.2) is 4.79 Å². The van der Waals surface area contributed by atoms with E-state index >= 15 is 0 Å². The maximum absolute atomic E-state index is 11.6. The second-order valence-electron chi connectivity index (χ2n) is 4.84. The molecule has 1 heterocycles. The minimum atomic E-state index is -0.352. The van der Waals surface area contributed by atoms with Crippen molar-refractivity contribution in [1.82, 2.24) is 5.32 Å². The third-order valence-corrected chi connectivity index (χ3v) is 3.47. The van der Waals surface area contributed by atoms with E-state index in [1.54, 1.807) is 6.07 Å². The van der Waals surface area contributed by atoms with Gasteiger partial charge in [0.05, 0.1) is 13.7 Å². The molecule has 1 saturated heterocycles. The van der Waals surface area contributed by atoms with Gasteiger partial charge in [-0.15, -0.1) is 12.4 Å². The molecule has 1 aromatic carbocycles. The van der Waals surface area contributed by atoms with Crippen molar-refractivity contribution >= 4 is 18.4 Å². The Kier molecular flexibility index (Phi) is 7.41. The van der Waals surface area contributed by atoms with Gasteiger partial charge in [-0.2, -0.15) is 0 Å². The van der Waals surface area contributed by atoms with Gasteiger partial charge in [0.25, 0.3) is 0 Å². The third kappa shape index (κ3) is 4.69. The predicted molar refractivity (Wildman–Crippen MR) is 80.7 cm³/mol. The molecule has 1 aliphatic rings. The highest BCUT2D eigenvalue weighted by Gasteiger charge is 2.15. The first-order chi connectivity index (χ1) is 9.31. The number of para-hydroxylation sites is 1. The minimum Gasteiger partial charge on any atom is -0.493 e. The lowest BCUT2D eigenvalue weighted by Crippen LogP contribution is -2.30. The van der Waals surface area contributed by atoms with Crippen LogP contribution in [0.3, 0.4) is 0 Å². The van der Waals surface area contributed by atoms with E-state index in [0.29, 0.717) is 23.8 Å². The zero-order valence-corrected chi connectivity index (χ0v) is 12.6. The van der Waals surface area contributed by atoms with Crippen LogP contribution < -0.4 is 10.1 Å². The fourth-order valence-corrected chi connectivity index (χ4v) is 2.38. The number of nitrogens with one attached hydrogen (secondary N) is 1. The molecule has 0 aromatic heterocycles. The SMILES string of the molecule is COC(=O)c1ccccc1OCCC1CCCNC1.Cl. The van der Waals surface area contributed by atoms with Gasteiger partial charge in [-0.1, -0.05) is 12.1 Å². The molecule has 1 fully saturated rings. The smallest absolute Gasteiger partial charge is 0.341 e. The van der Waals surface area contributed by atoms with Crippen molar-refractivity contribution in [2.75, 3.05) is 26.8 Å². The summed E-state index contributed by atoms with van der Waals surface area (Å²) in [5.41, 5.74) is 0.492. The molecule has 4 nitrogen and oxygen atoms in total. The number of carbonyl (C=O) groups excluding carboxylic acids is 1. The van der Waals surface area contributed by atoms with Crippen molar-refractivity contribution in [2.24, 2.45) is 5.92 Å².